The summed E-state index contributed by atoms with van der Waals surface area (Å²) >= 11 is 5.04. The number of thiazole rings is 1. The summed E-state index contributed by atoms with van der Waals surface area (Å²) in [7, 11) is 0. The number of nitrogens with one attached hydrogen (secondary N) is 1. The van der Waals surface area contributed by atoms with Gasteiger partial charge in [-0.25, -0.2) is 4.98 Å². The Morgan fingerprint density at radius 1 is 1.17 bits per heavy atom. The second-order valence-corrected chi connectivity index (χ2v) is 6.90. The van der Waals surface area contributed by atoms with E-state index in [9.17, 15) is 4.79 Å². The molecule has 0 fully saturated rings. The van der Waals surface area contributed by atoms with Gasteiger partial charge < -0.3 is 5.32 Å². The average Bonchev–Trinajstić information content (AvgIpc) is 3.08. The summed E-state index contributed by atoms with van der Waals surface area (Å²) in [6.07, 6.45) is 2.98. The second kappa shape index (κ2) is 7.53. The van der Waals surface area contributed by atoms with Crippen molar-refractivity contribution < 1.29 is 4.79 Å². The molecule has 116 valence electrons. The fourth-order valence-electron chi connectivity index (χ4n) is 2.24. The van der Waals surface area contributed by atoms with E-state index in [2.05, 4.69) is 26.2 Å². The third kappa shape index (κ3) is 4.50. The van der Waals surface area contributed by atoms with Crippen LogP contribution >= 0.6 is 27.3 Å². The van der Waals surface area contributed by atoms with Gasteiger partial charge in [0.2, 0.25) is 5.91 Å². The molecule has 0 unspecified atom stereocenters. The van der Waals surface area contributed by atoms with Gasteiger partial charge >= 0.3 is 0 Å². The summed E-state index contributed by atoms with van der Waals surface area (Å²) < 4.78 is 1.04. The van der Waals surface area contributed by atoms with Crippen LogP contribution in [-0.2, 0) is 11.2 Å². The lowest BCUT2D eigenvalue weighted by Crippen LogP contribution is -2.12. The molecule has 1 amide bonds. The van der Waals surface area contributed by atoms with Gasteiger partial charge in [-0.1, -0.05) is 28.1 Å². The predicted octanol–water partition coefficient (Wildman–Crippen LogP) is 5.14. The minimum Gasteiger partial charge on any atom is -0.326 e. The van der Waals surface area contributed by atoms with Crippen molar-refractivity contribution >= 4 is 38.9 Å². The van der Waals surface area contributed by atoms with E-state index in [0.29, 0.717) is 6.42 Å². The molecule has 3 aromatic rings. The first kappa shape index (κ1) is 15.9. The lowest BCUT2D eigenvalue weighted by atomic mass is 10.1. The van der Waals surface area contributed by atoms with Crippen molar-refractivity contribution in [1.29, 1.82) is 0 Å². The quantitative estimate of drug-likeness (QED) is 0.658. The fraction of sp³-hybridized carbons (Fsp3) is 0.111. The lowest BCUT2D eigenvalue weighted by Gasteiger charge is -2.06. The van der Waals surface area contributed by atoms with Crippen LogP contribution < -0.4 is 5.32 Å². The molecule has 0 saturated carbocycles. The first-order valence-corrected chi connectivity index (χ1v) is 8.92. The maximum absolute atomic E-state index is 12.1. The summed E-state index contributed by atoms with van der Waals surface area (Å²) in [5.41, 5.74) is 3.02. The van der Waals surface area contributed by atoms with Crippen molar-refractivity contribution in [2.75, 3.05) is 5.32 Å². The zero-order valence-electron chi connectivity index (χ0n) is 12.3. The van der Waals surface area contributed by atoms with Crippen molar-refractivity contribution in [3.05, 3.63) is 70.1 Å². The highest BCUT2D eigenvalue weighted by molar-refractivity contribution is 9.10. The van der Waals surface area contributed by atoms with Crippen molar-refractivity contribution in [1.82, 2.24) is 4.98 Å². The number of rotatable bonds is 5. The van der Waals surface area contributed by atoms with E-state index < -0.39 is 0 Å². The van der Waals surface area contributed by atoms with Crippen molar-refractivity contribution in [3.8, 4) is 10.6 Å². The molecule has 0 atom stereocenters. The second-order valence-electron chi connectivity index (χ2n) is 5.09. The maximum atomic E-state index is 12.1. The van der Waals surface area contributed by atoms with Gasteiger partial charge in [0.05, 0.1) is 0 Å². The Labute approximate surface area is 147 Å². The van der Waals surface area contributed by atoms with Crippen molar-refractivity contribution in [3.63, 3.8) is 0 Å². The first-order chi connectivity index (χ1) is 11.2. The molecule has 3 nitrogen and oxygen atoms in total. The van der Waals surface area contributed by atoms with Gasteiger partial charge in [-0.2, -0.15) is 0 Å². The Morgan fingerprint density at radius 2 is 2.00 bits per heavy atom. The number of aromatic nitrogens is 1. The molecule has 23 heavy (non-hydrogen) atoms. The molecule has 1 heterocycles. The summed E-state index contributed by atoms with van der Waals surface area (Å²) in [6.45, 7) is 0. The molecule has 0 bridgehead atoms. The standard InChI is InChI=1S/C18H15BrN2OS/c19-15-3-1-2-13(12-15)4-9-17(22)21-16-7-5-14(6-8-16)18-20-10-11-23-18/h1-3,5-8,10-12H,4,9H2,(H,21,22). The number of anilines is 1. The highest BCUT2D eigenvalue weighted by Crippen LogP contribution is 2.23. The van der Waals surface area contributed by atoms with Crippen LogP contribution in [-0.4, -0.2) is 10.9 Å². The van der Waals surface area contributed by atoms with Crippen LogP contribution in [0.2, 0.25) is 0 Å². The minimum absolute atomic E-state index is 0.0203. The van der Waals surface area contributed by atoms with Gasteiger partial charge in [0, 0.05) is 33.7 Å². The molecule has 2 aromatic carbocycles. The zero-order valence-corrected chi connectivity index (χ0v) is 14.7. The van der Waals surface area contributed by atoms with Crippen LogP contribution in [0.25, 0.3) is 10.6 Å². The van der Waals surface area contributed by atoms with E-state index in [1.54, 1.807) is 17.5 Å². The van der Waals surface area contributed by atoms with E-state index in [0.717, 1.165) is 32.7 Å². The molecule has 0 aliphatic carbocycles. The number of hydrogen-bond acceptors (Lipinski definition) is 3. The van der Waals surface area contributed by atoms with Crippen LogP contribution in [0, 0.1) is 0 Å². The number of amides is 1. The topological polar surface area (TPSA) is 42.0 Å². The highest BCUT2D eigenvalue weighted by atomic mass is 79.9. The zero-order chi connectivity index (χ0) is 16.1. The van der Waals surface area contributed by atoms with Crippen LogP contribution in [0.4, 0.5) is 5.69 Å². The minimum atomic E-state index is 0.0203. The molecular weight excluding hydrogens is 372 g/mol. The van der Waals surface area contributed by atoms with Crippen LogP contribution in [0.1, 0.15) is 12.0 Å². The molecule has 1 aromatic heterocycles. The van der Waals surface area contributed by atoms with Crippen LogP contribution in [0.15, 0.2) is 64.6 Å². The first-order valence-electron chi connectivity index (χ1n) is 7.25. The van der Waals surface area contributed by atoms with Gasteiger partial charge in [0.15, 0.2) is 0 Å². The van der Waals surface area contributed by atoms with E-state index in [1.165, 1.54) is 0 Å². The van der Waals surface area contributed by atoms with Crippen LogP contribution in [0.5, 0.6) is 0 Å². The number of carbonyl (C=O) groups is 1. The Hall–Kier alpha value is -1.98. The molecule has 3 rings (SSSR count). The Bertz CT molecular complexity index is 785. The van der Waals surface area contributed by atoms with E-state index in [-0.39, 0.29) is 5.91 Å². The largest absolute Gasteiger partial charge is 0.326 e. The number of nitrogens with zero attached hydrogens (tertiary/aromatic N) is 1. The SMILES string of the molecule is O=C(CCc1cccc(Br)c1)Nc1ccc(-c2nccs2)cc1. The predicted molar refractivity (Wildman–Crippen MR) is 98.6 cm³/mol. The summed E-state index contributed by atoms with van der Waals surface area (Å²) in [5.74, 6) is 0.0203. The summed E-state index contributed by atoms with van der Waals surface area (Å²) in [5, 5.41) is 5.87. The Balaban J connectivity index is 1.55. The molecule has 0 aliphatic heterocycles. The molecule has 0 spiro atoms. The van der Waals surface area contributed by atoms with E-state index in [1.807, 2.05) is 53.9 Å². The maximum Gasteiger partial charge on any atom is 0.224 e. The molecule has 5 heteroatoms. The van der Waals surface area contributed by atoms with Crippen molar-refractivity contribution in [2.45, 2.75) is 12.8 Å². The molecular formula is C18H15BrN2OS. The Kier molecular flexibility index (Phi) is 5.20. The van der Waals surface area contributed by atoms with Gasteiger partial charge in [0.25, 0.3) is 0 Å². The number of halogens is 1. The summed E-state index contributed by atoms with van der Waals surface area (Å²) in [4.78, 5) is 16.3. The number of aryl methyl sites for hydroxylation is 1. The number of hydrogen-bond donors (Lipinski definition) is 1. The third-order valence-corrected chi connectivity index (χ3v) is 4.69. The van der Waals surface area contributed by atoms with Gasteiger partial charge in [0.1, 0.15) is 5.01 Å². The van der Waals surface area contributed by atoms with Crippen molar-refractivity contribution in [2.24, 2.45) is 0 Å². The smallest absolute Gasteiger partial charge is 0.224 e. The average molecular weight is 387 g/mol. The van der Waals surface area contributed by atoms with Gasteiger partial charge in [-0.05, 0) is 48.4 Å². The summed E-state index contributed by atoms with van der Waals surface area (Å²) in [6, 6.07) is 15.8. The Morgan fingerprint density at radius 3 is 2.70 bits per heavy atom. The van der Waals surface area contributed by atoms with Gasteiger partial charge in [-0.3, -0.25) is 4.79 Å². The molecule has 0 saturated heterocycles. The lowest BCUT2D eigenvalue weighted by molar-refractivity contribution is -0.116. The monoisotopic (exact) mass is 386 g/mol. The third-order valence-electron chi connectivity index (χ3n) is 3.38. The fourth-order valence-corrected chi connectivity index (χ4v) is 3.33. The molecule has 1 N–H and O–H groups in total. The number of carbonyl (C=O) groups excluding carboxylic acids is 1. The normalized spacial score (nSPS) is 10.5. The van der Waals surface area contributed by atoms with Gasteiger partial charge in [-0.15, -0.1) is 11.3 Å². The van der Waals surface area contributed by atoms with Crippen LogP contribution in [0.3, 0.4) is 0 Å². The molecule has 0 aliphatic rings. The molecule has 0 radical (unpaired) electrons. The number of benzene rings is 2. The van der Waals surface area contributed by atoms with E-state index in [4.69, 9.17) is 0 Å². The highest BCUT2D eigenvalue weighted by Gasteiger charge is 2.05. The van der Waals surface area contributed by atoms with E-state index >= 15 is 0 Å².